The Morgan fingerprint density at radius 3 is 2.54 bits per heavy atom. The molecule has 2 aromatic heterocycles. The van der Waals surface area contributed by atoms with E-state index < -0.39 is 0 Å². The van der Waals surface area contributed by atoms with Gasteiger partial charge >= 0.3 is 0 Å². The zero-order valence-corrected chi connectivity index (χ0v) is 14.8. The number of amides is 1. The largest absolute Gasteiger partial charge is 0.298 e. The molecule has 0 aliphatic carbocycles. The summed E-state index contributed by atoms with van der Waals surface area (Å²) in [5.41, 5.74) is 3.02. The standard InChI is InChI=1S/C17H11ClN6OS/c18-13-5-1-11(2-6-13)15-9-26-17(20-15)21-16(25)12-3-7-14(8-4-12)24-10-19-22-23-24/h1-10H,(H,20,21,25). The van der Waals surface area contributed by atoms with Crippen molar-refractivity contribution in [2.45, 2.75) is 0 Å². The molecule has 0 atom stereocenters. The van der Waals surface area contributed by atoms with Crippen molar-refractivity contribution >= 4 is 34.0 Å². The minimum atomic E-state index is -0.231. The summed E-state index contributed by atoms with van der Waals surface area (Å²) < 4.78 is 1.51. The molecule has 0 saturated heterocycles. The lowest BCUT2D eigenvalue weighted by molar-refractivity contribution is 0.102. The second kappa shape index (κ2) is 7.03. The highest BCUT2D eigenvalue weighted by atomic mass is 35.5. The Bertz CT molecular complexity index is 1030. The third-order valence-electron chi connectivity index (χ3n) is 3.61. The van der Waals surface area contributed by atoms with Gasteiger partial charge in [0, 0.05) is 21.5 Å². The summed E-state index contributed by atoms with van der Waals surface area (Å²) >= 11 is 7.26. The molecular weight excluding hydrogens is 372 g/mol. The number of rotatable bonds is 4. The Kier molecular flexibility index (Phi) is 4.42. The first-order valence-electron chi connectivity index (χ1n) is 7.55. The van der Waals surface area contributed by atoms with E-state index >= 15 is 0 Å². The number of thiazole rings is 1. The monoisotopic (exact) mass is 382 g/mol. The van der Waals surface area contributed by atoms with E-state index in [2.05, 4.69) is 25.8 Å². The van der Waals surface area contributed by atoms with Crippen LogP contribution in [0.3, 0.4) is 0 Å². The summed E-state index contributed by atoms with van der Waals surface area (Å²) in [4.78, 5) is 16.8. The van der Waals surface area contributed by atoms with E-state index in [1.54, 1.807) is 36.4 Å². The molecule has 0 aliphatic rings. The van der Waals surface area contributed by atoms with Crippen LogP contribution in [0.2, 0.25) is 5.02 Å². The Morgan fingerprint density at radius 2 is 1.85 bits per heavy atom. The molecule has 4 aromatic rings. The van der Waals surface area contributed by atoms with E-state index in [0.29, 0.717) is 15.7 Å². The van der Waals surface area contributed by atoms with E-state index in [1.165, 1.54) is 22.3 Å². The van der Waals surface area contributed by atoms with Gasteiger partial charge < -0.3 is 0 Å². The van der Waals surface area contributed by atoms with Crippen molar-refractivity contribution in [3.8, 4) is 16.9 Å². The van der Waals surface area contributed by atoms with Gasteiger partial charge in [0.25, 0.3) is 5.91 Å². The number of nitrogens with zero attached hydrogens (tertiary/aromatic N) is 5. The number of carbonyl (C=O) groups is 1. The number of hydrogen-bond acceptors (Lipinski definition) is 6. The first-order valence-corrected chi connectivity index (χ1v) is 8.81. The smallest absolute Gasteiger partial charge is 0.257 e. The van der Waals surface area contributed by atoms with Crippen LogP contribution in [0.1, 0.15) is 10.4 Å². The van der Waals surface area contributed by atoms with Crippen LogP contribution >= 0.6 is 22.9 Å². The molecule has 0 saturated carbocycles. The van der Waals surface area contributed by atoms with Gasteiger partial charge in [0.15, 0.2) is 5.13 Å². The van der Waals surface area contributed by atoms with E-state index in [-0.39, 0.29) is 5.91 Å². The molecule has 26 heavy (non-hydrogen) atoms. The van der Waals surface area contributed by atoms with Crippen molar-refractivity contribution in [2.24, 2.45) is 0 Å². The maximum atomic E-state index is 12.4. The van der Waals surface area contributed by atoms with Crippen molar-refractivity contribution in [1.82, 2.24) is 25.2 Å². The molecule has 2 heterocycles. The van der Waals surface area contributed by atoms with Gasteiger partial charge in [0.2, 0.25) is 0 Å². The number of carbonyl (C=O) groups excluding carboxylic acids is 1. The summed E-state index contributed by atoms with van der Waals surface area (Å²) in [6.07, 6.45) is 1.49. The van der Waals surface area contributed by atoms with E-state index in [4.69, 9.17) is 11.6 Å². The normalized spacial score (nSPS) is 10.7. The molecule has 1 amide bonds. The lowest BCUT2D eigenvalue weighted by atomic mass is 10.2. The minimum absolute atomic E-state index is 0.231. The van der Waals surface area contributed by atoms with E-state index in [0.717, 1.165) is 16.9 Å². The topological polar surface area (TPSA) is 85.6 Å². The van der Waals surface area contributed by atoms with Crippen molar-refractivity contribution in [3.63, 3.8) is 0 Å². The van der Waals surface area contributed by atoms with Crippen molar-refractivity contribution < 1.29 is 4.79 Å². The molecule has 7 nitrogen and oxygen atoms in total. The lowest BCUT2D eigenvalue weighted by Crippen LogP contribution is -2.11. The number of anilines is 1. The fourth-order valence-electron chi connectivity index (χ4n) is 2.30. The first kappa shape index (κ1) is 16.4. The van der Waals surface area contributed by atoms with Crippen LogP contribution < -0.4 is 5.32 Å². The van der Waals surface area contributed by atoms with Crippen LogP contribution in [0.15, 0.2) is 60.2 Å². The summed E-state index contributed by atoms with van der Waals surface area (Å²) in [7, 11) is 0. The van der Waals surface area contributed by atoms with Crippen LogP contribution in [-0.2, 0) is 0 Å². The highest BCUT2D eigenvalue weighted by molar-refractivity contribution is 7.14. The second-order valence-electron chi connectivity index (χ2n) is 5.30. The molecule has 0 fully saturated rings. The molecule has 9 heteroatoms. The highest BCUT2D eigenvalue weighted by Gasteiger charge is 2.10. The lowest BCUT2D eigenvalue weighted by Gasteiger charge is -2.03. The van der Waals surface area contributed by atoms with Crippen LogP contribution in [0.4, 0.5) is 5.13 Å². The number of halogens is 1. The number of aromatic nitrogens is 5. The van der Waals surface area contributed by atoms with Crippen LogP contribution in [0.5, 0.6) is 0 Å². The van der Waals surface area contributed by atoms with Gasteiger partial charge in [-0.1, -0.05) is 23.7 Å². The molecular formula is C17H11ClN6OS. The summed E-state index contributed by atoms with van der Waals surface area (Å²) in [6, 6.07) is 14.3. The molecule has 1 N–H and O–H groups in total. The van der Waals surface area contributed by atoms with Gasteiger partial charge in [-0.25, -0.2) is 9.67 Å². The summed E-state index contributed by atoms with van der Waals surface area (Å²) in [5, 5.41) is 16.9. The van der Waals surface area contributed by atoms with Gasteiger partial charge in [-0.2, -0.15) is 0 Å². The quantitative estimate of drug-likeness (QED) is 0.581. The highest BCUT2D eigenvalue weighted by Crippen LogP contribution is 2.26. The summed E-state index contributed by atoms with van der Waals surface area (Å²) in [6.45, 7) is 0. The van der Waals surface area contributed by atoms with Gasteiger partial charge in [-0.15, -0.1) is 16.4 Å². The zero-order chi connectivity index (χ0) is 17.9. The molecule has 0 bridgehead atoms. The van der Waals surface area contributed by atoms with Gasteiger partial charge in [-0.05, 0) is 46.8 Å². The van der Waals surface area contributed by atoms with E-state index in [1.807, 2.05) is 17.5 Å². The Hall–Kier alpha value is -3.10. The predicted molar refractivity (Wildman–Crippen MR) is 99.7 cm³/mol. The Labute approximate surface area is 157 Å². The first-order chi connectivity index (χ1) is 12.7. The number of hydrogen-bond donors (Lipinski definition) is 1. The summed E-state index contributed by atoms with van der Waals surface area (Å²) in [5.74, 6) is -0.231. The SMILES string of the molecule is O=C(Nc1nc(-c2ccc(Cl)cc2)cs1)c1ccc(-n2cnnn2)cc1. The molecule has 0 spiro atoms. The van der Waals surface area contributed by atoms with Gasteiger partial charge in [0.05, 0.1) is 11.4 Å². The minimum Gasteiger partial charge on any atom is -0.298 e. The van der Waals surface area contributed by atoms with Crippen molar-refractivity contribution in [1.29, 1.82) is 0 Å². The average molecular weight is 383 g/mol. The molecule has 0 radical (unpaired) electrons. The van der Waals surface area contributed by atoms with Crippen LogP contribution in [0, 0.1) is 0 Å². The molecule has 0 unspecified atom stereocenters. The zero-order valence-electron chi connectivity index (χ0n) is 13.2. The molecule has 0 aliphatic heterocycles. The third-order valence-corrected chi connectivity index (χ3v) is 4.62. The maximum Gasteiger partial charge on any atom is 0.257 e. The average Bonchev–Trinajstić information content (AvgIpc) is 3.35. The Balaban J connectivity index is 1.47. The molecule has 128 valence electrons. The van der Waals surface area contributed by atoms with Gasteiger partial charge in [-0.3, -0.25) is 10.1 Å². The fraction of sp³-hybridized carbons (Fsp3) is 0. The van der Waals surface area contributed by atoms with E-state index in [9.17, 15) is 4.79 Å². The second-order valence-corrected chi connectivity index (χ2v) is 6.59. The predicted octanol–water partition coefficient (Wildman–Crippen LogP) is 3.69. The molecule has 2 aromatic carbocycles. The third kappa shape index (κ3) is 3.46. The van der Waals surface area contributed by atoms with Crippen LogP contribution in [-0.4, -0.2) is 31.1 Å². The van der Waals surface area contributed by atoms with Crippen LogP contribution in [0.25, 0.3) is 16.9 Å². The number of nitrogens with one attached hydrogen (secondary N) is 1. The fourth-order valence-corrected chi connectivity index (χ4v) is 3.14. The van der Waals surface area contributed by atoms with Crippen molar-refractivity contribution in [2.75, 3.05) is 5.32 Å². The molecule has 4 rings (SSSR count). The Morgan fingerprint density at radius 1 is 1.08 bits per heavy atom. The maximum absolute atomic E-state index is 12.4. The van der Waals surface area contributed by atoms with Crippen molar-refractivity contribution in [3.05, 3.63) is 70.8 Å². The number of benzene rings is 2. The number of tetrazole rings is 1. The van der Waals surface area contributed by atoms with Gasteiger partial charge in [0.1, 0.15) is 6.33 Å².